The van der Waals surface area contributed by atoms with E-state index >= 15 is 0 Å². The van der Waals surface area contributed by atoms with E-state index in [0.717, 1.165) is 11.3 Å². The Morgan fingerprint density at radius 2 is 1.78 bits per heavy atom. The summed E-state index contributed by atoms with van der Waals surface area (Å²) in [5.41, 5.74) is 2.69. The summed E-state index contributed by atoms with van der Waals surface area (Å²) in [6.07, 6.45) is 2.47. The second-order valence-corrected chi connectivity index (χ2v) is 5.66. The first kappa shape index (κ1) is 17.1. The van der Waals surface area contributed by atoms with Gasteiger partial charge in [-0.1, -0.05) is 41.9 Å². The molecular weight excluding hydrogens is 310 g/mol. The van der Waals surface area contributed by atoms with E-state index in [9.17, 15) is 4.79 Å². The van der Waals surface area contributed by atoms with Crippen molar-refractivity contribution in [1.82, 2.24) is 0 Å². The van der Waals surface area contributed by atoms with Crippen LogP contribution in [0.4, 0.5) is 5.69 Å². The van der Waals surface area contributed by atoms with Crippen molar-refractivity contribution in [3.8, 4) is 0 Å². The molecule has 4 heteroatoms. The van der Waals surface area contributed by atoms with Gasteiger partial charge in [-0.2, -0.15) is 0 Å². The molecule has 0 spiro atoms. The topological polar surface area (TPSA) is 29.5 Å². The van der Waals surface area contributed by atoms with Crippen molar-refractivity contribution in [2.45, 2.75) is 6.42 Å². The summed E-state index contributed by atoms with van der Waals surface area (Å²) in [4.78, 5) is 14.1. The molecule has 0 aromatic heterocycles. The highest BCUT2D eigenvalue weighted by Gasteiger charge is 2.11. The minimum atomic E-state index is -0.293. The SMILES string of the molecule is COC(=O)/C(=C/c1ccccc1)CCN(C)c1ccc(Cl)cc1. The van der Waals surface area contributed by atoms with Crippen molar-refractivity contribution in [1.29, 1.82) is 0 Å². The number of rotatable bonds is 6. The molecule has 0 saturated heterocycles. The van der Waals surface area contributed by atoms with Crippen LogP contribution in [-0.2, 0) is 9.53 Å². The number of carbonyl (C=O) groups excluding carboxylic acids is 1. The molecule has 0 aliphatic heterocycles. The number of nitrogens with zero attached hydrogens (tertiary/aromatic N) is 1. The van der Waals surface area contributed by atoms with Crippen LogP contribution in [0.25, 0.3) is 6.08 Å². The maximum atomic E-state index is 12.0. The van der Waals surface area contributed by atoms with Crippen LogP contribution in [0.1, 0.15) is 12.0 Å². The molecule has 23 heavy (non-hydrogen) atoms. The number of hydrogen-bond acceptors (Lipinski definition) is 3. The van der Waals surface area contributed by atoms with Gasteiger partial charge in [0.2, 0.25) is 0 Å². The standard InChI is InChI=1S/C19H20ClNO2/c1-21(18-10-8-17(20)9-11-18)13-12-16(19(22)23-2)14-15-6-4-3-5-7-15/h3-11,14H,12-13H2,1-2H3/b16-14+. The molecule has 0 bridgehead atoms. The largest absolute Gasteiger partial charge is 0.466 e. The van der Waals surface area contributed by atoms with E-state index in [0.29, 0.717) is 23.6 Å². The Morgan fingerprint density at radius 1 is 1.13 bits per heavy atom. The van der Waals surface area contributed by atoms with Crippen LogP contribution in [0.5, 0.6) is 0 Å². The van der Waals surface area contributed by atoms with E-state index in [2.05, 4.69) is 4.90 Å². The number of benzene rings is 2. The Hall–Kier alpha value is -2.26. The molecule has 0 heterocycles. The molecule has 120 valence electrons. The van der Waals surface area contributed by atoms with Crippen LogP contribution in [0.15, 0.2) is 60.2 Å². The lowest BCUT2D eigenvalue weighted by Gasteiger charge is -2.19. The molecule has 0 amide bonds. The molecule has 2 rings (SSSR count). The molecule has 0 saturated carbocycles. The van der Waals surface area contributed by atoms with Gasteiger partial charge in [-0.3, -0.25) is 0 Å². The normalized spacial score (nSPS) is 11.2. The second-order valence-electron chi connectivity index (χ2n) is 5.22. The number of anilines is 1. The Balaban J connectivity index is 2.08. The third-order valence-electron chi connectivity index (χ3n) is 3.57. The lowest BCUT2D eigenvalue weighted by molar-refractivity contribution is -0.136. The van der Waals surface area contributed by atoms with Crippen molar-refractivity contribution in [3.63, 3.8) is 0 Å². The summed E-state index contributed by atoms with van der Waals surface area (Å²) in [6, 6.07) is 17.4. The van der Waals surface area contributed by atoms with Crippen LogP contribution < -0.4 is 4.90 Å². The van der Waals surface area contributed by atoms with Gasteiger partial charge in [0.1, 0.15) is 0 Å². The molecule has 2 aromatic rings. The monoisotopic (exact) mass is 329 g/mol. The van der Waals surface area contributed by atoms with Gasteiger partial charge in [0.25, 0.3) is 0 Å². The van der Waals surface area contributed by atoms with Crippen LogP contribution in [0.2, 0.25) is 5.02 Å². The van der Waals surface area contributed by atoms with E-state index in [1.807, 2.05) is 67.7 Å². The van der Waals surface area contributed by atoms with Crippen LogP contribution in [0.3, 0.4) is 0 Å². The predicted octanol–water partition coefficient (Wildman–Crippen LogP) is 4.42. The fraction of sp³-hybridized carbons (Fsp3) is 0.211. The van der Waals surface area contributed by atoms with Gasteiger partial charge in [-0.15, -0.1) is 0 Å². The molecule has 0 N–H and O–H groups in total. The minimum absolute atomic E-state index is 0.293. The average molecular weight is 330 g/mol. The molecule has 0 unspecified atom stereocenters. The van der Waals surface area contributed by atoms with Crippen molar-refractivity contribution in [2.24, 2.45) is 0 Å². The van der Waals surface area contributed by atoms with Gasteiger partial charge in [0.15, 0.2) is 0 Å². The van der Waals surface area contributed by atoms with Gasteiger partial charge in [-0.05, 0) is 42.3 Å². The Labute approximate surface area is 142 Å². The van der Waals surface area contributed by atoms with Crippen LogP contribution in [0, 0.1) is 0 Å². The van der Waals surface area contributed by atoms with Gasteiger partial charge in [0, 0.05) is 29.9 Å². The number of hydrogen-bond donors (Lipinski definition) is 0. The van der Waals surface area contributed by atoms with Crippen molar-refractivity contribution < 1.29 is 9.53 Å². The molecule has 0 aliphatic rings. The molecule has 2 aromatic carbocycles. The molecule has 0 fully saturated rings. The third-order valence-corrected chi connectivity index (χ3v) is 3.82. The van der Waals surface area contributed by atoms with Gasteiger partial charge < -0.3 is 9.64 Å². The van der Waals surface area contributed by atoms with Gasteiger partial charge in [0.05, 0.1) is 7.11 Å². The predicted molar refractivity (Wildman–Crippen MR) is 95.8 cm³/mol. The van der Waals surface area contributed by atoms with Crippen molar-refractivity contribution in [3.05, 3.63) is 70.8 Å². The summed E-state index contributed by atoms with van der Waals surface area (Å²) < 4.78 is 4.90. The highest BCUT2D eigenvalue weighted by atomic mass is 35.5. The lowest BCUT2D eigenvalue weighted by Crippen LogP contribution is -2.20. The van der Waals surface area contributed by atoms with E-state index in [1.165, 1.54) is 7.11 Å². The molecule has 3 nitrogen and oxygen atoms in total. The first-order valence-corrected chi connectivity index (χ1v) is 7.78. The summed E-state index contributed by atoms with van der Waals surface area (Å²) >= 11 is 5.91. The van der Waals surface area contributed by atoms with Crippen molar-refractivity contribution in [2.75, 3.05) is 25.6 Å². The first-order chi connectivity index (χ1) is 11.1. The average Bonchev–Trinajstić information content (AvgIpc) is 2.59. The smallest absolute Gasteiger partial charge is 0.333 e. The Kier molecular flexibility index (Phi) is 6.24. The quantitative estimate of drug-likeness (QED) is 0.580. The van der Waals surface area contributed by atoms with E-state index in [4.69, 9.17) is 16.3 Å². The molecular formula is C19H20ClNO2. The highest BCUT2D eigenvalue weighted by Crippen LogP contribution is 2.18. The highest BCUT2D eigenvalue weighted by molar-refractivity contribution is 6.30. The third kappa shape index (κ3) is 5.15. The van der Waals surface area contributed by atoms with E-state index in [1.54, 1.807) is 0 Å². The maximum absolute atomic E-state index is 12.0. The number of carbonyl (C=O) groups is 1. The molecule has 0 radical (unpaired) electrons. The number of ether oxygens (including phenoxy) is 1. The van der Waals surface area contributed by atoms with Gasteiger partial charge in [-0.25, -0.2) is 4.79 Å². The van der Waals surface area contributed by atoms with Gasteiger partial charge >= 0.3 is 5.97 Å². The van der Waals surface area contributed by atoms with Crippen LogP contribution in [-0.4, -0.2) is 26.7 Å². The summed E-state index contributed by atoms with van der Waals surface area (Å²) in [5, 5.41) is 0.710. The fourth-order valence-corrected chi connectivity index (χ4v) is 2.35. The molecule has 0 atom stereocenters. The van der Waals surface area contributed by atoms with E-state index in [-0.39, 0.29) is 5.97 Å². The van der Waals surface area contributed by atoms with E-state index < -0.39 is 0 Å². The first-order valence-electron chi connectivity index (χ1n) is 7.41. The lowest BCUT2D eigenvalue weighted by atomic mass is 10.1. The number of methoxy groups -OCH3 is 1. The van der Waals surface area contributed by atoms with Crippen LogP contribution >= 0.6 is 11.6 Å². The second kappa shape index (κ2) is 8.39. The Bertz CT molecular complexity index is 666. The molecule has 0 aliphatic carbocycles. The maximum Gasteiger partial charge on any atom is 0.333 e. The summed E-state index contributed by atoms with van der Waals surface area (Å²) in [5.74, 6) is -0.293. The number of halogens is 1. The van der Waals surface area contributed by atoms with Crippen molar-refractivity contribution >= 4 is 29.3 Å². The fourth-order valence-electron chi connectivity index (χ4n) is 2.23. The summed E-state index contributed by atoms with van der Waals surface area (Å²) in [6.45, 7) is 0.704. The number of esters is 1. The zero-order valence-corrected chi connectivity index (χ0v) is 14.1. The summed E-state index contributed by atoms with van der Waals surface area (Å²) in [7, 11) is 3.39. The zero-order chi connectivity index (χ0) is 16.7. The minimum Gasteiger partial charge on any atom is -0.466 e. The Morgan fingerprint density at radius 3 is 2.39 bits per heavy atom. The zero-order valence-electron chi connectivity index (χ0n) is 13.3.